The molecule has 85 heavy (non-hydrogen) atoms. The standard InChI is InChI=1S/C66H75N13O6/c67-34-10-7-31-64(70,58(80)37-43-40-73-55-16-4-1-13-52(43)55)61(83)76-46-19-25-49(26-20-46)79(50-27-21-47(22-28-50)77-62(84)65(71,32-8-11-35-68)59(81)38-44-41-74-56-17-5-2-14-53(44)56)51-29-23-48(24-30-51)78-63(85)66(72,33-9-12-36-69)60(82)39-45-42-75-57-18-6-3-15-54(45)57/h1-6,13-30,40-42,73-75H,7-12,31-39,67-72H2,(H,76,83)(H,77,84)(H,78,85)/t64-,65-,66-/m0/s1. The Morgan fingerprint density at radius 3 is 0.882 bits per heavy atom. The molecule has 19 nitrogen and oxygen atoms in total. The number of nitrogens with zero attached hydrogens (tertiary/aromatic N) is 1. The summed E-state index contributed by atoms with van der Waals surface area (Å²) in [5.41, 5.74) is 40.2. The highest BCUT2D eigenvalue weighted by atomic mass is 16.2. The minimum Gasteiger partial charge on any atom is -0.361 e. The zero-order valence-electron chi connectivity index (χ0n) is 47.6. The van der Waals surface area contributed by atoms with Crippen LogP contribution in [0.2, 0.25) is 0 Å². The third kappa shape index (κ3) is 13.6. The minimum atomic E-state index is -1.87. The zero-order valence-corrected chi connectivity index (χ0v) is 47.6. The van der Waals surface area contributed by atoms with Crippen LogP contribution in [0.5, 0.6) is 0 Å². The fourth-order valence-corrected chi connectivity index (χ4v) is 10.9. The number of rotatable bonds is 30. The fraction of sp³-hybridized carbons (Fsp3) is 0.273. The van der Waals surface area contributed by atoms with Gasteiger partial charge in [0.2, 0.25) is 0 Å². The van der Waals surface area contributed by atoms with E-state index >= 15 is 0 Å². The molecule has 9 aromatic rings. The number of carbonyl (C=O) groups excluding carboxylic acids is 6. The summed E-state index contributed by atoms with van der Waals surface area (Å²) in [5.74, 6) is -3.28. The molecule has 0 aliphatic rings. The number of anilines is 6. The summed E-state index contributed by atoms with van der Waals surface area (Å²) in [7, 11) is 0. The van der Waals surface area contributed by atoms with Gasteiger partial charge in [-0.1, -0.05) is 54.6 Å². The number of nitrogens with one attached hydrogen (secondary N) is 6. The van der Waals surface area contributed by atoms with E-state index in [0.717, 1.165) is 49.4 Å². The molecule has 0 aliphatic heterocycles. The van der Waals surface area contributed by atoms with Gasteiger partial charge in [0, 0.05) is 105 Å². The Morgan fingerprint density at radius 2 is 0.624 bits per heavy atom. The number of amides is 3. The lowest BCUT2D eigenvalue weighted by atomic mass is 9.84. The number of benzene rings is 6. The van der Waals surface area contributed by atoms with Crippen LogP contribution in [0.4, 0.5) is 34.1 Å². The van der Waals surface area contributed by atoms with Crippen molar-refractivity contribution in [2.75, 3.05) is 40.5 Å². The highest BCUT2D eigenvalue weighted by molar-refractivity contribution is 6.18. The van der Waals surface area contributed by atoms with E-state index in [2.05, 4.69) is 30.9 Å². The first-order valence-corrected chi connectivity index (χ1v) is 28.8. The molecule has 3 heterocycles. The number of hydrogen-bond acceptors (Lipinski definition) is 13. The van der Waals surface area contributed by atoms with Crippen molar-refractivity contribution in [2.45, 2.75) is 93.7 Å². The quantitative estimate of drug-likeness (QED) is 0.0149. The predicted octanol–water partition coefficient (Wildman–Crippen LogP) is 8.33. The minimum absolute atomic E-state index is 0.0625. The van der Waals surface area contributed by atoms with Gasteiger partial charge in [-0.25, -0.2) is 0 Å². The Bertz CT molecular complexity index is 3420. The first kappa shape index (κ1) is 60.5. The van der Waals surface area contributed by atoms with E-state index in [4.69, 9.17) is 34.4 Å². The maximum absolute atomic E-state index is 14.3. The number of aromatic amines is 3. The maximum atomic E-state index is 14.3. The number of aromatic nitrogens is 3. The molecule has 0 saturated carbocycles. The van der Waals surface area contributed by atoms with Gasteiger partial charge in [0.25, 0.3) is 17.7 Å². The van der Waals surface area contributed by atoms with E-state index in [1.165, 1.54) is 0 Å². The lowest BCUT2D eigenvalue weighted by Gasteiger charge is -2.29. The van der Waals surface area contributed by atoms with Gasteiger partial charge in [-0.3, -0.25) is 28.8 Å². The van der Waals surface area contributed by atoms with Crippen LogP contribution in [0.25, 0.3) is 32.7 Å². The molecule has 19 heteroatoms. The fourth-order valence-electron chi connectivity index (χ4n) is 10.9. The van der Waals surface area contributed by atoms with Crippen LogP contribution in [0, 0.1) is 0 Å². The zero-order chi connectivity index (χ0) is 60.1. The Morgan fingerprint density at radius 1 is 0.365 bits per heavy atom. The van der Waals surface area contributed by atoms with Crippen LogP contribution in [0.15, 0.2) is 164 Å². The highest BCUT2D eigenvalue weighted by Gasteiger charge is 2.44. The molecule has 0 fully saturated rings. The second-order valence-electron chi connectivity index (χ2n) is 21.9. The summed E-state index contributed by atoms with van der Waals surface area (Å²) in [6.07, 6.45) is 8.43. The largest absolute Gasteiger partial charge is 0.361 e. The van der Waals surface area contributed by atoms with E-state index in [1.54, 1.807) is 91.4 Å². The molecule has 0 radical (unpaired) electrons. The van der Waals surface area contributed by atoms with Gasteiger partial charge >= 0.3 is 0 Å². The Labute approximate surface area is 493 Å². The smallest absolute Gasteiger partial charge is 0.252 e. The van der Waals surface area contributed by atoms with E-state index in [-0.39, 0.29) is 38.5 Å². The predicted molar refractivity (Wildman–Crippen MR) is 338 cm³/mol. The number of unbranched alkanes of at least 4 members (excludes halogenated alkanes) is 3. The summed E-state index contributed by atoms with van der Waals surface area (Å²) >= 11 is 0. The van der Waals surface area contributed by atoms with Crippen molar-refractivity contribution in [3.63, 3.8) is 0 Å². The third-order valence-electron chi connectivity index (χ3n) is 16.0. The number of nitrogens with two attached hydrogens (primary N) is 6. The average Bonchev–Trinajstić information content (AvgIpc) is 4.45. The molecule has 0 spiro atoms. The molecule has 9 rings (SSSR count). The van der Waals surface area contributed by atoms with Gasteiger partial charge in [0.05, 0.1) is 0 Å². The van der Waals surface area contributed by atoms with Crippen molar-refractivity contribution in [1.82, 2.24) is 15.0 Å². The number of hydrogen-bond donors (Lipinski definition) is 12. The van der Waals surface area contributed by atoms with E-state index < -0.39 is 51.7 Å². The topological polar surface area (TPSA) is 345 Å². The molecule has 6 aromatic carbocycles. The molecule has 0 unspecified atom stereocenters. The molecule has 0 saturated heterocycles. The summed E-state index contributed by atoms with van der Waals surface area (Å²) in [5, 5.41) is 11.3. The molecule has 3 amide bonds. The SMILES string of the molecule is NCCCC[C@](N)(C(=O)Cc1c[nH]c2ccccc12)C(=O)Nc1ccc(N(c2ccc(NC(=O)[C@](N)(CCCCN)C(=O)Cc3c[nH]c4ccccc34)cc2)c2ccc(NC(=O)[C@](N)(CCCCN)C(=O)Cc3c[nH]c4ccccc34)cc2)cc1. The van der Waals surface area contributed by atoms with Crippen molar-refractivity contribution >= 4 is 102 Å². The molecular formula is C66H75N13O6. The van der Waals surface area contributed by atoms with Gasteiger partial charge in [-0.15, -0.1) is 0 Å². The molecule has 0 aliphatic carbocycles. The van der Waals surface area contributed by atoms with Gasteiger partial charge in [0.1, 0.15) is 0 Å². The first-order valence-electron chi connectivity index (χ1n) is 28.8. The van der Waals surface area contributed by atoms with Crippen molar-refractivity contribution < 1.29 is 28.8 Å². The van der Waals surface area contributed by atoms with Crippen LogP contribution >= 0.6 is 0 Å². The number of para-hydroxylation sites is 3. The van der Waals surface area contributed by atoms with Gasteiger partial charge in [-0.2, -0.15) is 0 Å². The van der Waals surface area contributed by atoms with Crippen molar-refractivity contribution in [3.05, 3.63) is 181 Å². The Kier molecular flexibility index (Phi) is 19.3. The monoisotopic (exact) mass is 1150 g/mol. The van der Waals surface area contributed by atoms with Crippen molar-refractivity contribution in [3.8, 4) is 0 Å². The molecule has 18 N–H and O–H groups in total. The van der Waals surface area contributed by atoms with E-state index in [1.807, 2.05) is 77.7 Å². The van der Waals surface area contributed by atoms with E-state index in [0.29, 0.717) is 92.3 Å². The van der Waals surface area contributed by atoms with Crippen LogP contribution in [0.1, 0.15) is 74.5 Å². The van der Waals surface area contributed by atoms with Crippen molar-refractivity contribution in [2.24, 2.45) is 34.4 Å². The average molecular weight is 1150 g/mol. The lowest BCUT2D eigenvalue weighted by molar-refractivity contribution is -0.134. The molecular weight excluding hydrogens is 1070 g/mol. The third-order valence-corrected chi connectivity index (χ3v) is 16.0. The summed E-state index contributed by atoms with van der Waals surface area (Å²) < 4.78 is 0. The number of ketones is 3. The normalized spacial score (nSPS) is 13.6. The lowest BCUT2D eigenvalue weighted by Crippen LogP contribution is -2.58. The molecule has 0 bridgehead atoms. The second-order valence-corrected chi connectivity index (χ2v) is 21.9. The Hall–Kier alpha value is -9.08. The van der Waals surface area contributed by atoms with Crippen molar-refractivity contribution in [1.29, 1.82) is 0 Å². The van der Waals surface area contributed by atoms with Gasteiger partial charge in [0.15, 0.2) is 34.0 Å². The van der Waals surface area contributed by atoms with E-state index in [9.17, 15) is 28.8 Å². The summed E-state index contributed by atoms with van der Waals surface area (Å²) in [4.78, 5) is 96.7. The van der Waals surface area contributed by atoms with Gasteiger partial charge < -0.3 is 70.2 Å². The highest BCUT2D eigenvalue weighted by Crippen LogP contribution is 2.37. The van der Waals surface area contributed by atoms with Crippen LogP contribution in [0.3, 0.4) is 0 Å². The number of Topliss-reactive ketones (excluding diaryl/α,β-unsaturated/α-hetero) is 3. The summed E-state index contributed by atoms with van der Waals surface area (Å²) in [6.45, 7) is 1.12. The Balaban J connectivity index is 0.984. The maximum Gasteiger partial charge on any atom is 0.252 e. The van der Waals surface area contributed by atoms with Crippen LogP contribution in [-0.2, 0) is 48.0 Å². The molecule has 3 atom stereocenters. The number of H-pyrrole nitrogens is 3. The number of fused-ring (bicyclic) bond motifs is 3. The number of carbonyl (C=O) groups is 6. The van der Waals surface area contributed by atoms with Gasteiger partial charge in [-0.05, 0) is 185 Å². The van der Waals surface area contributed by atoms with Crippen LogP contribution in [-0.4, -0.2) is 86.3 Å². The summed E-state index contributed by atoms with van der Waals surface area (Å²) in [6, 6.07) is 43.7. The molecule has 3 aromatic heterocycles. The van der Waals surface area contributed by atoms with Crippen LogP contribution < -0.4 is 55.3 Å². The molecule has 440 valence electrons. The first-order chi connectivity index (χ1) is 41.1. The second kappa shape index (κ2) is 27.1.